The van der Waals surface area contributed by atoms with Crippen molar-refractivity contribution in [2.24, 2.45) is 28.6 Å². The molecule has 0 radical (unpaired) electrons. The van der Waals surface area contributed by atoms with E-state index in [0.29, 0.717) is 24.2 Å². The lowest BCUT2D eigenvalue weighted by molar-refractivity contribution is -0.201. The summed E-state index contributed by atoms with van der Waals surface area (Å²) in [6.07, 6.45) is 8.51. The average Bonchev–Trinajstić information content (AvgIpc) is 3.88. The number of amides is 3. The van der Waals surface area contributed by atoms with E-state index in [1.54, 1.807) is 24.3 Å². The Morgan fingerprint density at radius 3 is 2.55 bits per heavy atom. The van der Waals surface area contributed by atoms with Crippen LogP contribution in [-0.4, -0.2) is 97.5 Å². The highest BCUT2D eigenvalue weighted by Gasteiger charge is 2.76. The van der Waals surface area contributed by atoms with Crippen LogP contribution in [0, 0.1) is 28.6 Å². The lowest BCUT2D eigenvalue weighted by atomic mass is 9.46. The average molecular weight is 866 g/mol. The molecule has 3 amide bonds. The van der Waals surface area contributed by atoms with Gasteiger partial charge in [0.25, 0.3) is 0 Å². The Kier molecular flexibility index (Phi) is 11.7. The van der Waals surface area contributed by atoms with Crippen LogP contribution in [0.15, 0.2) is 66.5 Å². The number of fused-ring (bicyclic) bond motifs is 7. The van der Waals surface area contributed by atoms with E-state index in [1.165, 1.54) is 0 Å². The number of aromatic nitrogens is 1. The molecule has 1 aromatic heterocycles. The second-order valence-corrected chi connectivity index (χ2v) is 17.2. The summed E-state index contributed by atoms with van der Waals surface area (Å²) in [6, 6.07) is 7.70. The minimum Gasteiger partial charge on any atom is -0.481 e. The minimum atomic E-state index is -1.46. The molecule has 1 aromatic carbocycles. The number of alkyl halides is 1. The highest BCUT2D eigenvalue weighted by molar-refractivity contribution is 9.09. The summed E-state index contributed by atoms with van der Waals surface area (Å²) in [5.41, 5.74) is 0.302. The zero-order chi connectivity index (χ0) is 41.6. The van der Waals surface area contributed by atoms with E-state index < -0.39 is 77.1 Å². The Morgan fingerprint density at radius 1 is 1.09 bits per heavy atom. The minimum absolute atomic E-state index is 0.0000935. The van der Waals surface area contributed by atoms with E-state index in [1.807, 2.05) is 48.2 Å². The number of halogens is 1. The van der Waals surface area contributed by atoms with Gasteiger partial charge in [-0.15, -0.1) is 0 Å². The van der Waals surface area contributed by atoms with Crippen LogP contribution in [-0.2, 0) is 44.8 Å². The third kappa shape index (κ3) is 7.49. The maximum atomic E-state index is 13.9. The zero-order valence-corrected chi connectivity index (χ0v) is 33.9. The highest BCUT2D eigenvalue weighted by atomic mass is 79.9. The molecule has 15 nitrogen and oxygen atoms in total. The molecule has 58 heavy (non-hydrogen) atoms. The van der Waals surface area contributed by atoms with Gasteiger partial charge in [0.1, 0.15) is 12.6 Å². The van der Waals surface area contributed by atoms with Crippen molar-refractivity contribution < 1.29 is 53.6 Å². The van der Waals surface area contributed by atoms with Crippen LogP contribution in [0.2, 0.25) is 0 Å². The highest BCUT2D eigenvalue weighted by Crippen LogP contribution is 2.70. The summed E-state index contributed by atoms with van der Waals surface area (Å²) in [5.74, 6) is -3.38. The Balaban J connectivity index is 1.01. The van der Waals surface area contributed by atoms with E-state index in [-0.39, 0.29) is 54.7 Å². The van der Waals surface area contributed by atoms with Crippen molar-refractivity contribution in [2.45, 2.75) is 89.1 Å². The smallest absolute Gasteiger partial charge is 0.303 e. The number of ether oxygens (including phenoxy) is 2. The molecule has 7 rings (SSSR count). The molecule has 4 aliphatic carbocycles. The number of ketones is 2. The number of aliphatic hydroxyl groups excluding tert-OH is 2. The molecule has 2 aromatic rings. The summed E-state index contributed by atoms with van der Waals surface area (Å²) in [5, 5.41) is 39.0. The topological polar surface area (TPSA) is 223 Å². The van der Waals surface area contributed by atoms with Crippen molar-refractivity contribution in [1.82, 2.24) is 15.2 Å². The number of hydrogen-bond acceptors (Lipinski definition) is 10. The molecule has 1 saturated heterocycles. The Bertz CT molecular complexity index is 2050. The molecule has 5 aliphatic rings. The number of carboxylic acid groups (broad SMARTS) is 1. The zero-order valence-electron chi connectivity index (χ0n) is 32.3. The van der Waals surface area contributed by atoms with E-state index in [2.05, 4.69) is 38.8 Å². The van der Waals surface area contributed by atoms with E-state index in [9.17, 15) is 39.0 Å². The molecule has 1 aliphatic heterocycles. The first-order valence-electron chi connectivity index (χ1n) is 19.6. The van der Waals surface area contributed by atoms with Crippen molar-refractivity contribution in [3.05, 3.63) is 77.7 Å². The van der Waals surface area contributed by atoms with Gasteiger partial charge < -0.3 is 45.3 Å². The standard InChI is InChI=1S/C42H49BrN4O11/c1-40-13-11-27(49)15-25(40)5-8-28-29-16-33-42(32(51)22-48,41(29,2)17-31(50)37(28)40)58-39(57-33)24-12-14-47(21-24)20-23-3-6-26(7-4-23)45-38(56)30(9-10-36(54)55)46-35(53)19-44-34(52)18-43/h3-4,6-7,11-15,21,28-31,33,37,39,48,50H,5,8-10,16-20,22H2,1-2H3,(H,44,52)(H,45,56)(H,46,53)(H,54,55)/t28-,29-,30-,31-,33+,37+,39+,40-,41-,42+/m0/s1. The summed E-state index contributed by atoms with van der Waals surface area (Å²) in [7, 11) is 0. The van der Waals surface area contributed by atoms with Gasteiger partial charge in [-0.2, -0.15) is 0 Å². The van der Waals surface area contributed by atoms with Crippen molar-refractivity contribution in [2.75, 3.05) is 23.8 Å². The number of carbonyl (C=O) groups is 6. The first kappa shape index (κ1) is 41.7. The van der Waals surface area contributed by atoms with Crippen molar-refractivity contribution in [1.29, 1.82) is 0 Å². The molecule has 16 heteroatoms. The Morgan fingerprint density at radius 2 is 1.84 bits per heavy atom. The molecule has 0 unspecified atom stereocenters. The van der Waals surface area contributed by atoms with Gasteiger partial charge in [0.05, 0.1) is 24.1 Å². The van der Waals surface area contributed by atoms with Gasteiger partial charge in [-0.1, -0.05) is 53.6 Å². The summed E-state index contributed by atoms with van der Waals surface area (Å²) < 4.78 is 15.3. The lowest BCUT2D eigenvalue weighted by Crippen LogP contribution is -2.63. The van der Waals surface area contributed by atoms with Gasteiger partial charge in [-0.3, -0.25) is 28.8 Å². The molecule has 0 spiro atoms. The van der Waals surface area contributed by atoms with E-state index in [0.717, 1.165) is 24.0 Å². The van der Waals surface area contributed by atoms with Crippen LogP contribution in [0.3, 0.4) is 0 Å². The number of rotatable bonds is 14. The third-order valence-corrected chi connectivity index (χ3v) is 13.8. The fourth-order valence-corrected chi connectivity index (χ4v) is 10.9. The van der Waals surface area contributed by atoms with Gasteiger partial charge in [0, 0.05) is 53.4 Å². The fourth-order valence-electron chi connectivity index (χ4n) is 10.7. The molecule has 2 heterocycles. The molecule has 0 bridgehead atoms. The fraction of sp³-hybridized carbons (Fsp3) is 0.524. The van der Waals surface area contributed by atoms with E-state index in [4.69, 9.17) is 14.6 Å². The maximum Gasteiger partial charge on any atom is 0.303 e. The second-order valence-electron chi connectivity index (χ2n) is 16.6. The first-order valence-corrected chi connectivity index (χ1v) is 20.7. The van der Waals surface area contributed by atoms with Crippen molar-refractivity contribution >= 4 is 56.9 Å². The number of hydrogen-bond donors (Lipinski definition) is 6. The number of nitrogens with one attached hydrogen (secondary N) is 3. The number of benzene rings is 1. The normalized spacial score (nSPS) is 32.5. The van der Waals surface area contributed by atoms with Crippen LogP contribution >= 0.6 is 15.9 Å². The molecule has 10 atom stereocenters. The number of Topliss-reactive ketones (excluding diaryl/α,β-unsaturated/α-hetero) is 1. The van der Waals surface area contributed by atoms with Crippen LogP contribution in [0.4, 0.5) is 5.69 Å². The summed E-state index contributed by atoms with van der Waals surface area (Å²) in [6.45, 7) is 3.44. The quantitative estimate of drug-likeness (QED) is 0.152. The van der Waals surface area contributed by atoms with Crippen LogP contribution in [0.5, 0.6) is 0 Å². The van der Waals surface area contributed by atoms with E-state index >= 15 is 0 Å². The number of carboxylic acids is 1. The van der Waals surface area contributed by atoms with Gasteiger partial charge in [-0.25, -0.2) is 0 Å². The monoisotopic (exact) mass is 864 g/mol. The van der Waals surface area contributed by atoms with Gasteiger partial charge in [0.2, 0.25) is 17.7 Å². The van der Waals surface area contributed by atoms with Crippen LogP contribution < -0.4 is 16.0 Å². The van der Waals surface area contributed by atoms with Crippen LogP contribution in [0.1, 0.15) is 69.8 Å². The molecule has 3 saturated carbocycles. The second kappa shape index (κ2) is 16.3. The van der Waals surface area contributed by atoms with Crippen LogP contribution in [0.25, 0.3) is 0 Å². The number of aliphatic hydroxyl groups is 2. The predicted molar refractivity (Wildman–Crippen MR) is 211 cm³/mol. The lowest BCUT2D eigenvalue weighted by Gasteiger charge is -2.59. The molecular formula is C42H49BrN4O11. The largest absolute Gasteiger partial charge is 0.481 e. The summed E-state index contributed by atoms with van der Waals surface area (Å²) >= 11 is 2.98. The number of nitrogens with zero attached hydrogens (tertiary/aromatic N) is 1. The number of allylic oxidation sites excluding steroid dienone is 4. The van der Waals surface area contributed by atoms with Crippen molar-refractivity contribution in [3.8, 4) is 0 Å². The van der Waals surface area contributed by atoms with Gasteiger partial charge in [0.15, 0.2) is 23.5 Å². The first-order chi connectivity index (χ1) is 27.6. The Labute approximate surface area is 343 Å². The number of anilines is 1. The van der Waals surface area contributed by atoms with Gasteiger partial charge in [-0.05, 0) is 79.9 Å². The molecular weight excluding hydrogens is 816 g/mol. The maximum absolute atomic E-state index is 13.9. The molecule has 6 N–H and O–H groups in total. The SMILES string of the molecule is C[C@]12C=CC(=O)C=C1CC[C@@H]1[C@@H]2[C@@H](O)C[C@@]2(C)[C@H]1C[C@H]1O[C@@H](c3ccn(Cc4ccc(NC(=O)[C@H](CCC(=O)O)NC(=O)CNC(=O)CBr)cc4)c3)O[C@]12C(=O)CO. The Hall–Kier alpha value is -4.48. The molecule has 310 valence electrons. The number of aliphatic carboxylic acids is 1. The van der Waals surface area contributed by atoms with Gasteiger partial charge >= 0.3 is 5.97 Å². The summed E-state index contributed by atoms with van der Waals surface area (Å²) in [4.78, 5) is 74.2. The predicted octanol–water partition coefficient (Wildman–Crippen LogP) is 2.94. The number of carbonyl (C=O) groups excluding carboxylic acids is 5. The van der Waals surface area contributed by atoms with Crippen molar-refractivity contribution in [3.63, 3.8) is 0 Å². The molecule has 4 fully saturated rings. The third-order valence-electron chi connectivity index (χ3n) is 13.3.